The predicted molar refractivity (Wildman–Crippen MR) is 112 cm³/mol. The lowest BCUT2D eigenvalue weighted by atomic mass is 9.94. The molecule has 2 atom stereocenters. The number of rotatable bonds is 6. The Morgan fingerprint density at radius 2 is 1.90 bits per heavy atom. The van der Waals surface area contributed by atoms with E-state index in [0.29, 0.717) is 17.2 Å². The molecule has 3 aromatic rings. The normalized spacial score (nSPS) is 16.5. The van der Waals surface area contributed by atoms with E-state index in [1.54, 1.807) is 56.9 Å². The van der Waals surface area contributed by atoms with E-state index in [4.69, 9.17) is 9.47 Å². The molecule has 8 heteroatoms. The Hall–Kier alpha value is -3.94. The van der Waals surface area contributed by atoms with Gasteiger partial charge in [0, 0.05) is 30.1 Å². The summed E-state index contributed by atoms with van der Waals surface area (Å²) < 4.78 is 24.7. The van der Waals surface area contributed by atoms with Crippen molar-refractivity contribution >= 4 is 5.91 Å². The van der Waals surface area contributed by atoms with Gasteiger partial charge in [-0.15, -0.1) is 0 Å². The maximum absolute atomic E-state index is 13.7. The summed E-state index contributed by atoms with van der Waals surface area (Å²) in [5, 5.41) is 11.1. The van der Waals surface area contributed by atoms with Gasteiger partial charge in [-0.1, -0.05) is 12.1 Å². The third kappa shape index (κ3) is 4.18. The van der Waals surface area contributed by atoms with E-state index in [1.165, 1.54) is 18.2 Å². The van der Waals surface area contributed by atoms with Crippen molar-refractivity contribution in [3.05, 3.63) is 95.7 Å². The number of carbonyl (C=O) groups excluding carboxylic acids is 1. The van der Waals surface area contributed by atoms with Gasteiger partial charge in [0.05, 0.1) is 20.3 Å². The van der Waals surface area contributed by atoms with Crippen LogP contribution in [0.5, 0.6) is 11.5 Å². The average Bonchev–Trinajstić information content (AvgIpc) is 2.82. The lowest BCUT2D eigenvalue weighted by Crippen LogP contribution is -2.44. The van der Waals surface area contributed by atoms with Crippen LogP contribution in [0.25, 0.3) is 0 Å². The van der Waals surface area contributed by atoms with Crippen LogP contribution in [0.2, 0.25) is 0 Å². The van der Waals surface area contributed by atoms with Gasteiger partial charge in [0.1, 0.15) is 29.2 Å². The number of methoxy groups -OCH3 is 2. The molecule has 0 fully saturated rings. The fourth-order valence-electron chi connectivity index (χ4n) is 3.62. The van der Waals surface area contributed by atoms with Crippen molar-refractivity contribution in [1.82, 2.24) is 20.4 Å². The lowest BCUT2D eigenvalue weighted by Gasteiger charge is -2.40. The maximum Gasteiger partial charge on any atom is 0.247 e. The number of nitrogens with one attached hydrogen (secondary N) is 1. The number of nitrogens with zero attached hydrogens (tertiary/aromatic N) is 3. The molecule has 0 saturated heterocycles. The Morgan fingerprint density at radius 3 is 2.58 bits per heavy atom. The zero-order valence-corrected chi connectivity index (χ0v) is 17.0. The van der Waals surface area contributed by atoms with Crippen LogP contribution in [0.3, 0.4) is 0 Å². The minimum Gasteiger partial charge on any atom is -0.497 e. The highest BCUT2D eigenvalue weighted by atomic mass is 19.1. The Kier molecular flexibility index (Phi) is 5.79. The molecule has 1 aliphatic heterocycles. The highest BCUT2D eigenvalue weighted by Crippen LogP contribution is 2.40. The molecule has 1 aromatic heterocycles. The molecule has 2 heterocycles. The number of amides is 1. The summed E-state index contributed by atoms with van der Waals surface area (Å²) in [6.07, 6.45) is 4.13. The van der Waals surface area contributed by atoms with Crippen LogP contribution in [-0.2, 0) is 4.79 Å². The first kappa shape index (κ1) is 20.3. The smallest absolute Gasteiger partial charge is 0.247 e. The van der Waals surface area contributed by atoms with Crippen molar-refractivity contribution in [1.29, 1.82) is 0 Å². The van der Waals surface area contributed by atoms with Crippen LogP contribution in [0.1, 0.15) is 29.0 Å². The Labute approximate surface area is 179 Å². The molecule has 1 aliphatic rings. The Balaban J connectivity index is 1.89. The molecule has 0 aliphatic carbocycles. The van der Waals surface area contributed by atoms with Crippen molar-refractivity contribution in [3.8, 4) is 11.5 Å². The number of ether oxygens (including phenoxy) is 2. The van der Waals surface area contributed by atoms with Crippen LogP contribution in [0.15, 0.2) is 73.1 Å². The van der Waals surface area contributed by atoms with Gasteiger partial charge in [-0.3, -0.25) is 4.79 Å². The first-order valence-corrected chi connectivity index (χ1v) is 9.62. The van der Waals surface area contributed by atoms with E-state index in [9.17, 15) is 9.18 Å². The zero-order valence-electron chi connectivity index (χ0n) is 17.0. The van der Waals surface area contributed by atoms with Crippen LogP contribution < -0.4 is 14.8 Å². The molecule has 31 heavy (non-hydrogen) atoms. The predicted octanol–water partition coefficient (Wildman–Crippen LogP) is 3.37. The number of carbonyl (C=O) groups is 1. The highest BCUT2D eigenvalue weighted by Gasteiger charge is 2.33. The van der Waals surface area contributed by atoms with Crippen LogP contribution >= 0.6 is 0 Å². The van der Waals surface area contributed by atoms with E-state index in [2.05, 4.69) is 15.5 Å². The first-order valence-electron chi connectivity index (χ1n) is 9.62. The number of hydrogen-bond acceptors (Lipinski definition) is 6. The fourth-order valence-corrected chi connectivity index (χ4v) is 3.62. The van der Waals surface area contributed by atoms with Gasteiger partial charge < -0.3 is 19.7 Å². The summed E-state index contributed by atoms with van der Waals surface area (Å²) >= 11 is 0. The van der Waals surface area contributed by atoms with Crippen LogP contribution in [0.4, 0.5) is 4.39 Å². The topological polar surface area (TPSA) is 76.6 Å². The molecular formula is C23H21FN4O3. The third-order valence-electron chi connectivity index (χ3n) is 5.07. The summed E-state index contributed by atoms with van der Waals surface area (Å²) in [6.45, 7) is 0. The molecular weight excluding hydrogens is 399 g/mol. The second-order valence-corrected chi connectivity index (χ2v) is 6.88. The summed E-state index contributed by atoms with van der Waals surface area (Å²) in [5.74, 6) is 0.659. The van der Waals surface area contributed by atoms with Crippen LogP contribution in [-0.4, -0.2) is 35.2 Å². The van der Waals surface area contributed by atoms with Crippen LogP contribution in [0, 0.1) is 5.82 Å². The quantitative estimate of drug-likeness (QED) is 0.659. The summed E-state index contributed by atoms with van der Waals surface area (Å²) in [7, 11) is 3.16. The molecule has 7 nitrogen and oxygen atoms in total. The largest absolute Gasteiger partial charge is 0.497 e. The molecule has 0 spiro atoms. The van der Waals surface area contributed by atoms with E-state index in [0.717, 1.165) is 11.1 Å². The van der Waals surface area contributed by atoms with Crippen molar-refractivity contribution in [2.45, 2.75) is 12.2 Å². The third-order valence-corrected chi connectivity index (χ3v) is 5.07. The summed E-state index contributed by atoms with van der Waals surface area (Å²) in [5.41, 5.74) is 2.18. The second kappa shape index (κ2) is 8.83. The van der Waals surface area contributed by atoms with E-state index in [1.807, 2.05) is 17.0 Å². The van der Waals surface area contributed by atoms with Crippen molar-refractivity contribution in [2.75, 3.05) is 14.2 Å². The Bertz CT molecular complexity index is 1090. The molecule has 0 saturated carbocycles. The standard InChI is InChI=1S/C23H21FN4O3/c1-30-17-9-10-18(20(14-17)31-2)22(15-5-7-16(24)8-6-15)28-13-11-21(29)26-23(28)19-4-3-12-25-27-19/h3-14,22-23H,1-2H3,(H,26,29). The fraction of sp³-hybridized carbons (Fsp3) is 0.174. The number of benzene rings is 2. The minimum absolute atomic E-state index is 0.244. The zero-order chi connectivity index (χ0) is 21.8. The molecule has 158 valence electrons. The van der Waals surface area contributed by atoms with Gasteiger partial charge in [-0.2, -0.15) is 10.2 Å². The average molecular weight is 420 g/mol. The van der Waals surface area contributed by atoms with E-state index < -0.39 is 12.2 Å². The van der Waals surface area contributed by atoms with Crippen molar-refractivity contribution in [3.63, 3.8) is 0 Å². The van der Waals surface area contributed by atoms with Gasteiger partial charge in [0.15, 0.2) is 0 Å². The summed E-state index contributed by atoms with van der Waals surface area (Å²) in [6, 6.07) is 14.9. The molecule has 0 radical (unpaired) electrons. The number of aromatic nitrogens is 2. The minimum atomic E-state index is -0.590. The van der Waals surface area contributed by atoms with Gasteiger partial charge in [-0.25, -0.2) is 4.39 Å². The van der Waals surface area contributed by atoms with E-state index in [-0.39, 0.29) is 11.7 Å². The maximum atomic E-state index is 13.7. The van der Waals surface area contributed by atoms with Crippen molar-refractivity contribution in [2.24, 2.45) is 0 Å². The van der Waals surface area contributed by atoms with E-state index >= 15 is 0 Å². The van der Waals surface area contributed by atoms with Gasteiger partial charge in [0.25, 0.3) is 0 Å². The SMILES string of the molecule is COc1ccc(C(c2ccc(F)cc2)N2C=CC(=O)NC2c2cccnn2)c(OC)c1. The van der Waals surface area contributed by atoms with Crippen molar-refractivity contribution < 1.29 is 18.7 Å². The molecule has 2 unspecified atom stereocenters. The molecule has 2 aromatic carbocycles. The summed E-state index contributed by atoms with van der Waals surface area (Å²) in [4.78, 5) is 14.1. The lowest BCUT2D eigenvalue weighted by molar-refractivity contribution is -0.119. The monoisotopic (exact) mass is 420 g/mol. The first-order chi connectivity index (χ1) is 15.1. The van der Waals surface area contributed by atoms with Gasteiger partial charge in [-0.05, 0) is 42.0 Å². The molecule has 4 rings (SSSR count). The number of halogens is 1. The Morgan fingerprint density at radius 1 is 1.10 bits per heavy atom. The molecule has 1 amide bonds. The second-order valence-electron chi connectivity index (χ2n) is 6.88. The highest BCUT2D eigenvalue weighted by molar-refractivity contribution is 5.88. The molecule has 1 N–H and O–H groups in total. The van der Waals surface area contributed by atoms with Gasteiger partial charge >= 0.3 is 0 Å². The van der Waals surface area contributed by atoms with Gasteiger partial charge in [0.2, 0.25) is 5.91 Å². The number of hydrogen-bond donors (Lipinski definition) is 1. The molecule has 0 bridgehead atoms.